The molecule has 2 aromatic rings. The lowest BCUT2D eigenvalue weighted by atomic mass is 10.0. The Morgan fingerprint density at radius 2 is 2.24 bits per heavy atom. The van der Waals surface area contributed by atoms with Gasteiger partial charge in [-0.3, -0.25) is 14.7 Å². The van der Waals surface area contributed by atoms with E-state index in [2.05, 4.69) is 21.3 Å². The lowest BCUT2D eigenvalue weighted by Crippen LogP contribution is -2.47. The molecular formula is C19H22ClN3O2. The number of phenols is 1. The van der Waals surface area contributed by atoms with Crippen LogP contribution in [-0.4, -0.2) is 40.0 Å². The molecule has 0 unspecified atom stereocenters. The fourth-order valence-electron chi connectivity index (χ4n) is 3.19. The van der Waals surface area contributed by atoms with Crippen molar-refractivity contribution >= 4 is 17.5 Å². The van der Waals surface area contributed by atoms with E-state index in [4.69, 9.17) is 11.6 Å². The van der Waals surface area contributed by atoms with Gasteiger partial charge in [0.25, 0.3) is 0 Å². The molecule has 3 rings (SSSR count). The standard InChI is InChI=1S/C19H22ClN3O2/c20-17-9-14(5-6-18(17)24)10-19(25)22-16-4-2-8-23(13-16)12-15-3-1-7-21-11-15/h1,3,5-7,9,11,16,24H,2,4,8,10,12-13H2,(H,22,25)/t16-/m1/s1. The zero-order valence-corrected chi connectivity index (χ0v) is 14.7. The molecule has 132 valence electrons. The highest BCUT2D eigenvalue weighted by Gasteiger charge is 2.21. The van der Waals surface area contributed by atoms with Crippen molar-refractivity contribution in [1.29, 1.82) is 0 Å². The van der Waals surface area contributed by atoms with Crippen LogP contribution in [0.15, 0.2) is 42.7 Å². The maximum absolute atomic E-state index is 12.3. The molecule has 5 nitrogen and oxygen atoms in total. The third-order valence-electron chi connectivity index (χ3n) is 4.38. The van der Waals surface area contributed by atoms with E-state index in [1.54, 1.807) is 18.3 Å². The maximum Gasteiger partial charge on any atom is 0.224 e. The van der Waals surface area contributed by atoms with Gasteiger partial charge in [0.1, 0.15) is 5.75 Å². The summed E-state index contributed by atoms with van der Waals surface area (Å²) in [6.45, 7) is 2.74. The number of likely N-dealkylation sites (tertiary alicyclic amines) is 1. The first kappa shape index (κ1) is 17.7. The van der Waals surface area contributed by atoms with Gasteiger partial charge in [-0.05, 0) is 48.7 Å². The number of hydrogen-bond acceptors (Lipinski definition) is 4. The molecule has 1 saturated heterocycles. The molecule has 0 spiro atoms. The average molecular weight is 360 g/mol. The second kappa shape index (κ2) is 8.32. The van der Waals surface area contributed by atoms with Crippen molar-refractivity contribution in [3.63, 3.8) is 0 Å². The monoisotopic (exact) mass is 359 g/mol. The van der Waals surface area contributed by atoms with Crippen LogP contribution in [0.25, 0.3) is 0 Å². The Kier molecular flexibility index (Phi) is 5.89. The Labute approximate surface area is 152 Å². The Morgan fingerprint density at radius 1 is 1.36 bits per heavy atom. The van der Waals surface area contributed by atoms with E-state index >= 15 is 0 Å². The highest BCUT2D eigenvalue weighted by Crippen LogP contribution is 2.23. The van der Waals surface area contributed by atoms with Gasteiger partial charge in [-0.1, -0.05) is 23.7 Å². The summed E-state index contributed by atoms with van der Waals surface area (Å²) < 4.78 is 0. The smallest absolute Gasteiger partial charge is 0.224 e. The minimum absolute atomic E-state index is 0.0185. The Bertz CT molecular complexity index is 724. The number of halogens is 1. The van der Waals surface area contributed by atoms with Crippen molar-refractivity contribution in [3.8, 4) is 5.75 Å². The predicted octanol–water partition coefficient (Wildman–Crippen LogP) is 2.76. The molecule has 1 fully saturated rings. The number of phenolic OH excluding ortho intramolecular Hbond substituents is 1. The topological polar surface area (TPSA) is 65.5 Å². The number of carbonyl (C=O) groups excluding carboxylic acids is 1. The summed E-state index contributed by atoms with van der Waals surface area (Å²) in [6.07, 6.45) is 5.98. The van der Waals surface area contributed by atoms with Gasteiger partial charge in [-0.25, -0.2) is 0 Å². The number of nitrogens with zero attached hydrogens (tertiary/aromatic N) is 2. The van der Waals surface area contributed by atoms with E-state index in [1.807, 2.05) is 12.3 Å². The number of carbonyl (C=O) groups is 1. The highest BCUT2D eigenvalue weighted by atomic mass is 35.5. The van der Waals surface area contributed by atoms with Gasteiger partial charge in [0.05, 0.1) is 11.4 Å². The number of benzene rings is 1. The van der Waals surface area contributed by atoms with Crippen LogP contribution >= 0.6 is 11.6 Å². The van der Waals surface area contributed by atoms with Crippen molar-refractivity contribution < 1.29 is 9.90 Å². The molecule has 1 amide bonds. The van der Waals surface area contributed by atoms with Crippen LogP contribution in [0.1, 0.15) is 24.0 Å². The van der Waals surface area contributed by atoms with Crippen LogP contribution in [0.5, 0.6) is 5.75 Å². The number of nitrogens with one attached hydrogen (secondary N) is 1. The number of aromatic hydroxyl groups is 1. The van der Waals surface area contributed by atoms with E-state index in [9.17, 15) is 9.90 Å². The summed E-state index contributed by atoms with van der Waals surface area (Å²) in [5.41, 5.74) is 1.98. The van der Waals surface area contributed by atoms with Gasteiger partial charge in [-0.15, -0.1) is 0 Å². The Morgan fingerprint density at radius 3 is 3.00 bits per heavy atom. The molecule has 0 saturated carbocycles. The van der Waals surface area contributed by atoms with Crippen LogP contribution < -0.4 is 5.32 Å². The zero-order chi connectivity index (χ0) is 17.6. The number of amides is 1. The van der Waals surface area contributed by atoms with Crippen LogP contribution in [0.3, 0.4) is 0 Å². The van der Waals surface area contributed by atoms with Crippen molar-refractivity contribution in [2.75, 3.05) is 13.1 Å². The number of pyridine rings is 1. The van der Waals surface area contributed by atoms with Crippen molar-refractivity contribution in [3.05, 3.63) is 58.9 Å². The number of aromatic nitrogens is 1. The predicted molar refractivity (Wildman–Crippen MR) is 97.5 cm³/mol. The zero-order valence-electron chi connectivity index (χ0n) is 14.0. The molecule has 1 atom stereocenters. The molecule has 2 heterocycles. The summed E-state index contributed by atoms with van der Waals surface area (Å²) >= 11 is 5.89. The quantitative estimate of drug-likeness (QED) is 0.861. The summed E-state index contributed by atoms with van der Waals surface area (Å²) in [4.78, 5) is 18.8. The summed E-state index contributed by atoms with van der Waals surface area (Å²) in [6, 6.07) is 9.04. The van der Waals surface area contributed by atoms with E-state index in [1.165, 1.54) is 11.6 Å². The van der Waals surface area contributed by atoms with E-state index in [0.29, 0.717) is 0 Å². The fourth-order valence-corrected chi connectivity index (χ4v) is 3.39. The molecule has 0 aliphatic carbocycles. The normalized spacial score (nSPS) is 18.0. The maximum atomic E-state index is 12.3. The van der Waals surface area contributed by atoms with Gasteiger partial charge in [0, 0.05) is 31.5 Å². The fraction of sp³-hybridized carbons (Fsp3) is 0.368. The van der Waals surface area contributed by atoms with Crippen molar-refractivity contribution in [1.82, 2.24) is 15.2 Å². The molecule has 1 aliphatic rings. The van der Waals surface area contributed by atoms with Crippen LogP contribution in [0.2, 0.25) is 5.02 Å². The summed E-state index contributed by atoms with van der Waals surface area (Å²) in [5, 5.41) is 12.8. The molecule has 1 aromatic heterocycles. The van der Waals surface area contributed by atoms with E-state index in [0.717, 1.165) is 38.0 Å². The lowest BCUT2D eigenvalue weighted by Gasteiger charge is -2.33. The van der Waals surface area contributed by atoms with Crippen LogP contribution in [0.4, 0.5) is 0 Å². The van der Waals surface area contributed by atoms with Gasteiger partial charge >= 0.3 is 0 Å². The molecule has 6 heteroatoms. The number of piperidine rings is 1. The molecule has 0 radical (unpaired) electrons. The summed E-state index contributed by atoms with van der Waals surface area (Å²) in [5.74, 6) is 0.0131. The average Bonchev–Trinajstić information content (AvgIpc) is 2.59. The van der Waals surface area contributed by atoms with E-state index < -0.39 is 0 Å². The molecule has 1 aliphatic heterocycles. The minimum atomic E-state index is -0.0185. The first-order valence-corrected chi connectivity index (χ1v) is 8.86. The SMILES string of the molecule is O=C(Cc1ccc(O)c(Cl)c1)N[C@@H]1CCCN(Cc2cccnc2)C1. The van der Waals surface area contributed by atoms with Crippen molar-refractivity contribution in [2.45, 2.75) is 31.8 Å². The Hall–Kier alpha value is -2.11. The van der Waals surface area contributed by atoms with E-state index in [-0.39, 0.29) is 29.1 Å². The molecule has 0 bridgehead atoms. The van der Waals surface area contributed by atoms with Gasteiger partial charge in [0.2, 0.25) is 5.91 Å². The second-order valence-electron chi connectivity index (χ2n) is 6.47. The number of rotatable bonds is 5. The third-order valence-corrected chi connectivity index (χ3v) is 4.68. The molecule has 2 N–H and O–H groups in total. The van der Waals surface area contributed by atoms with Gasteiger partial charge in [0.15, 0.2) is 0 Å². The molecular weight excluding hydrogens is 338 g/mol. The Balaban J connectivity index is 1.51. The first-order valence-electron chi connectivity index (χ1n) is 8.48. The minimum Gasteiger partial charge on any atom is -0.506 e. The summed E-state index contributed by atoms with van der Waals surface area (Å²) in [7, 11) is 0. The first-order chi connectivity index (χ1) is 12.1. The second-order valence-corrected chi connectivity index (χ2v) is 6.87. The van der Waals surface area contributed by atoms with Crippen LogP contribution in [-0.2, 0) is 17.8 Å². The third kappa shape index (κ3) is 5.18. The van der Waals surface area contributed by atoms with Crippen molar-refractivity contribution in [2.24, 2.45) is 0 Å². The van der Waals surface area contributed by atoms with Crippen LogP contribution in [0, 0.1) is 0 Å². The largest absolute Gasteiger partial charge is 0.506 e. The molecule has 25 heavy (non-hydrogen) atoms. The van der Waals surface area contributed by atoms with Gasteiger partial charge in [-0.2, -0.15) is 0 Å². The lowest BCUT2D eigenvalue weighted by molar-refractivity contribution is -0.121. The van der Waals surface area contributed by atoms with Gasteiger partial charge < -0.3 is 10.4 Å². The number of hydrogen-bond donors (Lipinski definition) is 2. The molecule has 1 aromatic carbocycles. The highest BCUT2D eigenvalue weighted by molar-refractivity contribution is 6.32.